The molecule has 0 heterocycles. The lowest BCUT2D eigenvalue weighted by Crippen LogP contribution is -2.56. The Morgan fingerprint density at radius 1 is 0.795 bits per heavy atom. The Hall–Kier alpha value is -4.73. The first-order valence-electron chi connectivity index (χ1n) is 15.1. The Labute approximate surface area is 259 Å². The summed E-state index contributed by atoms with van der Waals surface area (Å²) in [6.45, 7) is 4.38. The SMILES string of the molecule is CC(C)CCC(=O)NC(Cc1ccccc1)C(=O)NC(Cc1cccc2ccccc12)C(=O)N[C@H](C=O)CCCN=C(N)N. The van der Waals surface area contributed by atoms with Crippen molar-refractivity contribution in [3.8, 4) is 0 Å². The van der Waals surface area contributed by atoms with Crippen LogP contribution in [0.4, 0.5) is 0 Å². The van der Waals surface area contributed by atoms with E-state index < -0.39 is 29.9 Å². The molecule has 3 aromatic rings. The van der Waals surface area contributed by atoms with Crippen LogP contribution in [0.5, 0.6) is 0 Å². The van der Waals surface area contributed by atoms with Gasteiger partial charge in [0, 0.05) is 25.8 Å². The van der Waals surface area contributed by atoms with Crippen LogP contribution in [0, 0.1) is 5.92 Å². The van der Waals surface area contributed by atoms with E-state index in [1.165, 1.54) is 0 Å². The van der Waals surface area contributed by atoms with Crippen molar-refractivity contribution in [1.29, 1.82) is 0 Å². The van der Waals surface area contributed by atoms with E-state index in [-0.39, 0.29) is 31.1 Å². The fraction of sp³-hybridized carbons (Fsp3) is 0.382. The van der Waals surface area contributed by atoms with Gasteiger partial charge in [-0.2, -0.15) is 0 Å². The third-order valence-electron chi connectivity index (χ3n) is 7.28. The van der Waals surface area contributed by atoms with Gasteiger partial charge in [0.1, 0.15) is 18.4 Å². The first-order chi connectivity index (χ1) is 21.2. The van der Waals surface area contributed by atoms with E-state index in [1.54, 1.807) is 0 Å². The smallest absolute Gasteiger partial charge is 0.243 e. The molecule has 0 aromatic heterocycles. The van der Waals surface area contributed by atoms with E-state index in [2.05, 4.69) is 20.9 Å². The Bertz CT molecular complexity index is 1420. The van der Waals surface area contributed by atoms with E-state index in [4.69, 9.17) is 11.5 Å². The van der Waals surface area contributed by atoms with Gasteiger partial charge in [-0.3, -0.25) is 19.4 Å². The predicted molar refractivity (Wildman–Crippen MR) is 174 cm³/mol. The Balaban J connectivity index is 1.85. The first-order valence-corrected chi connectivity index (χ1v) is 15.1. The average Bonchev–Trinajstić information content (AvgIpc) is 3.01. The number of carbonyl (C=O) groups is 4. The number of rotatable bonds is 17. The molecule has 0 radical (unpaired) electrons. The van der Waals surface area contributed by atoms with Crippen LogP contribution in [0.15, 0.2) is 77.8 Å². The quantitative estimate of drug-likeness (QED) is 0.0691. The highest BCUT2D eigenvalue weighted by Crippen LogP contribution is 2.20. The molecule has 0 aliphatic heterocycles. The van der Waals surface area contributed by atoms with Crippen LogP contribution < -0.4 is 27.4 Å². The van der Waals surface area contributed by atoms with Crippen molar-refractivity contribution in [3.05, 3.63) is 83.9 Å². The molecule has 0 spiro atoms. The number of aliphatic imine (C=N–C) groups is 1. The number of guanidine groups is 1. The van der Waals surface area contributed by atoms with Gasteiger partial charge in [0.25, 0.3) is 0 Å². The maximum atomic E-state index is 13.8. The molecule has 10 heteroatoms. The summed E-state index contributed by atoms with van der Waals surface area (Å²) < 4.78 is 0. The second kappa shape index (κ2) is 17.4. The maximum Gasteiger partial charge on any atom is 0.243 e. The van der Waals surface area contributed by atoms with Crippen molar-refractivity contribution in [2.75, 3.05) is 6.54 Å². The van der Waals surface area contributed by atoms with Gasteiger partial charge in [-0.1, -0.05) is 86.6 Å². The topological polar surface area (TPSA) is 169 Å². The van der Waals surface area contributed by atoms with E-state index >= 15 is 0 Å². The lowest BCUT2D eigenvalue weighted by molar-refractivity contribution is -0.132. The van der Waals surface area contributed by atoms with Gasteiger partial charge < -0.3 is 32.2 Å². The Morgan fingerprint density at radius 2 is 1.45 bits per heavy atom. The minimum Gasteiger partial charge on any atom is -0.370 e. The fourth-order valence-electron chi connectivity index (χ4n) is 4.89. The normalized spacial score (nSPS) is 13.0. The molecule has 2 unspecified atom stereocenters. The molecule has 0 fully saturated rings. The van der Waals surface area contributed by atoms with Gasteiger partial charge in [-0.15, -0.1) is 0 Å². The summed E-state index contributed by atoms with van der Waals surface area (Å²) >= 11 is 0. The highest BCUT2D eigenvalue weighted by molar-refractivity contribution is 5.94. The molecule has 0 aliphatic carbocycles. The molecule has 3 atom stereocenters. The molecule has 0 saturated heterocycles. The third kappa shape index (κ3) is 11.2. The van der Waals surface area contributed by atoms with Crippen LogP contribution in [0.25, 0.3) is 10.8 Å². The number of nitrogens with zero attached hydrogens (tertiary/aromatic N) is 1. The molecule has 7 N–H and O–H groups in total. The highest BCUT2D eigenvalue weighted by Gasteiger charge is 2.29. The van der Waals surface area contributed by atoms with Crippen LogP contribution in [-0.2, 0) is 32.0 Å². The zero-order valence-electron chi connectivity index (χ0n) is 25.5. The van der Waals surface area contributed by atoms with E-state index in [0.717, 1.165) is 21.9 Å². The van der Waals surface area contributed by atoms with Crippen molar-refractivity contribution in [1.82, 2.24) is 16.0 Å². The molecule has 3 rings (SSSR count). The molecule has 44 heavy (non-hydrogen) atoms. The standard InChI is InChI=1S/C34H44N6O4/c1-23(2)17-18-31(42)39-29(20-24-10-4-3-5-11-24)33(44)40-30(21-26-14-8-13-25-12-6-7-16-28(25)26)32(43)38-27(22-41)15-9-19-37-34(35)36/h3-8,10-14,16,22-23,27,29-30H,9,15,17-21H2,1-2H3,(H,38,43)(H,39,42)(H,40,44)(H4,35,36,37)/t27-,29?,30?/m0/s1. The van der Waals surface area contributed by atoms with Crippen molar-refractivity contribution in [2.24, 2.45) is 22.4 Å². The number of hydrogen-bond donors (Lipinski definition) is 5. The summed E-state index contributed by atoms with van der Waals surface area (Å²) in [6.07, 6.45) is 2.87. The number of nitrogens with two attached hydrogens (primary N) is 2. The van der Waals surface area contributed by atoms with Crippen LogP contribution in [0.3, 0.4) is 0 Å². The molecule has 234 valence electrons. The molecule has 0 saturated carbocycles. The first kappa shape index (κ1) is 33.8. The second-order valence-electron chi connectivity index (χ2n) is 11.3. The molecule has 3 amide bonds. The molecular weight excluding hydrogens is 556 g/mol. The number of carbonyl (C=O) groups excluding carboxylic acids is 4. The number of amides is 3. The maximum absolute atomic E-state index is 13.8. The number of hydrogen-bond acceptors (Lipinski definition) is 5. The van der Waals surface area contributed by atoms with Gasteiger partial charge >= 0.3 is 0 Å². The predicted octanol–water partition coefficient (Wildman–Crippen LogP) is 2.77. The summed E-state index contributed by atoms with van der Waals surface area (Å²) in [4.78, 5) is 56.1. The van der Waals surface area contributed by atoms with Crippen molar-refractivity contribution in [3.63, 3.8) is 0 Å². The van der Waals surface area contributed by atoms with Crippen LogP contribution in [0.1, 0.15) is 50.7 Å². The Morgan fingerprint density at radius 3 is 2.16 bits per heavy atom. The van der Waals surface area contributed by atoms with Gasteiger partial charge in [0.05, 0.1) is 6.04 Å². The van der Waals surface area contributed by atoms with Crippen molar-refractivity contribution < 1.29 is 19.2 Å². The van der Waals surface area contributed by atoms with Gasteiger partial charge in [0.2, 0.25) is 17.7 Å². The van der Waals surface area contributed by atoms with Gasteiger partial charge in [-0.05, 0) is 47.1 Å². The summed E-state index contributed by atoms with van der Waals surface area (Å²) in [5, 5.41) is 10.5. The lowest BCUT2D eigenvalue weighted by Gasteiger charge is -2.25. The fourth-order valence-corrected chi connectivity index (χ4v) is 4.89. The molecular formula is C34H44N6O4. The van der Waals surface area contributed by atoms with Gasteiger partial charge in [0.15, 0.2) is 5.96 Å². The largest absolute Gasteiger partial charge is 0.370 e. The van der Waals surface area contributed by atoms with Crippen molar-refractivity contribution >= 4 is 40.7 Å². The second-order valence-corrected chi connectivity index (χ2v) is 11.3. The van der Waals surface area contributed by atoms with Crippen LogP contribution in [-0.4, -0.2) is 54.6 Å². The molecule has 3 aromatic carbocycles. The summed E-state index contributed by atoms with van der Waals surface area (Å²) in [5.41, 5.74) is 12.5. The number of benzene rings is 3. The molecule has 0 bridgehead atoms. The minimum atomic E-state index is -1.01. The zero-order valence-corrected chi connectivity index (χ0v) is 25.5. The molecule has 10 nitrogen and oxygen atoms in total. The average molecular weight is 601 g/mol. The number of aldehydes is 1. The zero-order chi connectivity index (χ0) is 31.9. The van der Waals surface area contributed by atoms with E-state index in [9.17, 15) is 19.2 Å². The Kier molecular flexibility index (Phi) is 13.4. The lowest BCUT2D eigenvalue weighted by atomic mass is 9.97. The number of nitrogens with one attached hydrogen (secondary N) is 3. The minimum absolute atomic E-state index is 0.0455. The summed E-state index contributed by atoms with van der Waals surface area (Å²) in [7, 11) is 0. The van der Waals surface area contributed by atoms with Crippen LogP contribution >= 0.6 is 0 Å². The van der Waals surface area contributed by atoms with E-state index in [1.807, 2.05) is 86.6 Å². The van der Waals surface area contributed by atoms with Crippen molar-refractivity contribution in [2.45, 2.75) is 70.5 Å². The highest BCUT2D eigenvalue weighted by atomic mass is 16.2. The summed E-state index contributed by atoms with van der Waals surface area (Å²) in [6, 6.07) is 20.3. The third-order valence-corrected chi connectivity index (χ3v) is 7.28. The van der Waals surface area contributed by atoms with Crippen LogP contribution in [0.2, 0.25) is 0 Å². The monoisotopic (exact) mass is 600 g/mol. The van der Waals surface area contributed by atoms with Gasteiger partial charge in [-0.25, -0.2) is 0 Å². The molecule has 0 aliphatic rings. The van der Waals surface area contributed by atoms with E-state index in [0.29, 0.717) is 38.0 Å². The number of fused-ring (bicyclic) bond motifs is 1. The summed E-state index contributed by atoms with van der Waals surface area (Å²) in [5.74, 6) is -0.930.